The monoisotopic (exact) mass is 265 g/mol. The van der Waals surface area contributed by atoms with Crippen molar-refractivity contribution in [2.45, 2.75) is 45.6 Å². The minimum atomic E-state index is -0.827. The van der Waals surface area contributed by atoms with Crippen molar-refractivity contribution in [3.05, 3.63) is 23.5 Å². The number of nitrogens with zero attached hydrogens (tertiary/aromatic N) is 1. The molecule has 0 aromatic carbocycles. The van der Waals surface area contributed by atoms with E-state index in [4.69, 9.17) is 9.84 Å². The van der Waals surface area contributed by atoms with Crippen LogP contribution in [0.1, 0.15) is 48.2 Å². The Balaban J connectivity index is 1.75. The number of carboxylic acid groups (broad SMARTS) is 1. The molecule has 0 aliphatic carbocycles. The van der Waals surface area contributed by atoms with Crippen LogP contribution in [0.25, 0.3) is 0 Å². The number of hydrogen-bond acceptors (Lipinski definition) is 2. The first-order chi connectivity index (χ1) is 9.18. The number of ether oxygens (including phenoxy) is 1. The Morgan fingerprint density at radius 2 is 2.16 bits per heavy atom. The van der Waals surface area contributed by atoms with E-state index in [0.29, 0.717) is 5.69 Å². The summed E-state index contributed by atoms with van der Waals surface area (Å²) in [6.07, 6.45) is 7.71. The SMILES string of the molecule is Cc1ccn(CCCCC2CCOCC2)c1C(=O)O. The molecule has 1 aromatic heterocycles. The van der Waals surface area contributed by atoms with E-state index in [0.717, 1.165) is 37.7 Å². The van der Waals surface area contributed by atoms with Gasteiger partial charge in [-0.2, -0.15) is 0 Å². The van der Waals surface area contributed by atoms with Gasteiger partial charge in [-0.3, -0.25) is 0 Å². The summed E-state index contributed by atoms with van der Waals surface area (Å²) in [5.74, 6) is -0.0222. The van der Waals surface area contributed by atoms with Crippen LogP contribution in [-0.4, -0.2) is 28.9 Å². The zero-order valence-electron chi connectivity index (χ0n) is 11.6. The van der Waals surface area contributed by atoms with E-state index in [2.05, 4.69) is 0 Å². The summed E-state index contributed by atoms with van der Waals surface area (Å²) in [7, 11) is 0. The maximum atomic E-state index is 11.1. The molecule has 2 rings (SSSR count). The Bertz CT molecular complexity index is 419. The smallest absolute Gasteiger partial charge is 0.352 e. The van der Waals surface area contributed by atoms with Gasteiger partial charge in [-0.15, -0.1) is 0 Å². The summed E-state index contributed by atoms with van der Waals surface area (Å²) in [5.41, 5.74) is 1.28. The van der Waals surface area contributed by atoms with Gasteiger partial charge in [0.15, 0.2) is 0 Å². The molecule has 0 spiro atoms. The van der Waals surface area contributed by atoms with Crippen molar-refractivity contribution in [1.29, 1.82) is 0 Å². The van der Waals surface area contributed by atoms with Crippen LogP contribution in [0.3, 0.4) is 0 Å². The highest BCUT2D eigenvalue weighted by atomic mass is 16.5. The molecule has 106 valence electrons. The molecule has 0 amide bonds. The minimum absolute atomic E-state index is 0.436. The molecular weight excluding hydrogens is 242 g/mol. The zero-order chi connectivity index (χ0) is 13.7. The van der Waals surface area contributed by atoms with Gasteiger partial charge in [0.1, 0.15) is 5.69 Å². The third kappa shape index (κ3) is 3.83. The standard InChI is InChI=1S/C15H23NO3/c1-12-5-9-16(14(12)15(17)18)8-3-2-4-13-6-10-19-11-7-13/h5,9,13H,2-4,6-8,10-11H2,1H3,(H,17,18). The third-order valence-corrected chi connectivity index (χ3v) is 3.97. The predicted octanol–water partition coefficient (Wildman–Crippen LogP) is 3.09. The second-order valence-electron chi connectivity index (χ2n) is 5.40. The van der Waals surface area contributed by atoms with Crippen LogP contribution >= 0.6 is 0 Å². The number of unbranched alkanes of at least 4 members (excludes halogenated alkanes) is 1. The Morgan fingerprint density at radius 1 is 1.42 bits per heavy atom. The number of aromatic carboxylic acids is 1. The summed E-state index contributed by atoms with van der Waals surface area (Å²) >= 11 is 0. The van der Waals surface area contributed by atoms with Crippen LogP contribution in [0.2, 0.25) is 0 Å². The first kappa shape index (κ1) is 14.1. The lowest BCUT2D eigenvalue weighted by Gasteiger charge is -2.21. The lowest BCUT2D eigenvalue weighted by atomic mass is 9.94. The quantitative estimate of drug-likeness (QED) is 0.804. The molecule has 1 aromatic rings. The Hall–Kier alpha value is -1.29. The summed E-state index contributed by atoms with van der Waals surface area (Å²) in [6.45, 7) is 4.47. The second-order valence-corrected chi connectivity index (χ2v) is 5.40. The molecule has 1 aliphatic heterocycles. The van der Waals surface area contributed by atoms with Gasteiger partial charge >= 0.3 is 5.97 Å². The fourth-order valence-corrected chi connectivity index (χ4v) is 2.81. The predicted molar refractivity (Wildman–Crippen MR) is 73.5 cm³/mol. The molecule has 0 radical (unpaired) electrons. The van der Waals surface area contributed by atoms with Crippen LogP contribution in [-0.2, 0) is 11.3 Å². The molecule has 19 heavy (non-hydrogen) atoms. The molecule has 1 fully saturated rings. The molecule has 0 bridgehead atoms. The third-order valence-electron chi connectivity index (χ3n) is 3.97. The Labute approximate surface area is 114 Å². The Morgan fingerprint density at radius 3 is 2.84 bits per heavy atom. The molecule has 0 unspecified atom stereocenters. The number of hydrogen-bond donors (Lipinski definition) is 1. The van der Waals surface area contributed by atoms with E-state index in [1.165, 1.54) is 25.7 Å². The van der Waals surface area contributed by atoms with E-state index in [9.17, 15) is 4.79 Å². The van der Waals surface area contributed by atoms with E-state index in [1.54, 1.807) is 0 Å². The van der Waals surface area contributed by atoms with E-state index < -0.39 is 5.97 Å². The fraction of sp³-hybridized carbons (Fsp3) is 0.667. The van der Waals surface area contributed by atoms with Gasteiger partial charge in [0.2, 0.25) is 0 Å². The number of aryl methyl sites for hydroxylation is 2. The second kappa shape index (κ2) is 6.75. The molecule has 4 heteroatoms. The van der Waals surface area contributed by atoms with Crippen molar-refractivity contribution >= 4 is 5.97 Å². The topological polar surface area (TPSA) is 51.5 Å². The van der Waals surface area contributed by atoms with Crippen molar-refractivity contribution in [3.63, 3.8) is 0 Å². The lowest BCUT2D eigenvalue weighted by Crippen LogP contribution is -2.15. The summed E-state index contributed by atoms with van der Waals surface area (Å²) in [6, 6.07) is 1.88. The fourth-order valence-electron chi connectivity index (χ4n) is 2.81. The highest BCUT2D eigenvalue weighted by Crippen LogP contribution is 2.21. The van der Waals surface area contributed by atoms with Crippen LogP contribution < -0.4 is 0 Å². The average molecular weight is 265 g/mol. The molecule has 1 N–H and O–H groups in total. The molecule has 0 atom stereocenters. The number of rotatable bonds is 6. The first-order valence-corrected chi connectivity index (χ1v) is 7.15. The first-order valence-electron chi connectivity index (χ1n) is 7.15. The van der Waals surface area contributed by atoms with Crippen molar-refractivity contribution in [3.8, 4) is 0 Å². The van der Waals surface area contributed by atoms with Gasteiger partial charge in [-0.05, 0) is 43.7 Å². The van der Waals surface area contributed by atoms with Gasteiger partial charge in [0.25, 0.3) is 0 Å². The van der Waals surface area contributed by atoms with Crippen molar-refractivity contribution in [1.82, 2.24) is 4.57 Å². The van der Waals surface area contributed by atoms with Crippen molar-refractivity contribution in [2.75, 3.05) is 13.2 Å². The normalized spacial score (nSPS) is 16.7. The molecule has 0 saturated carbocycles. The van der Waals surface area contributed by atoms with Crippen LogP contribution in [0.4, 0.5) is 0 Å². The highest BCUT2D eigenvalue weighted by Gasteiger charge is 2.14. The van der Waals surface area contributed by atoms with Crippen molar-refractivity contribution in [2.24, 2.45) is 5.92 Å². The summed E-state index contributed by atoms with van der Waals surface area (Å²) < 4.78 is 7.21. The molecule has 2 heterocycles. The minimum Gasteiger partial charge on any atom is -0.477 e. The van der Waals surface area contributed by atoms with Gasteiger partial charge in [-0.1, -0.05) is 12.8 Å². The van der Waals surface area contributed by atoms with E-state index in [-0.39, 0.29) is 0 Å². The summed E-state index contributed by atoms with van der Waals surface area (Å²) in [5, 5.41) is 9.16. The Kier molecular flexibility index (Phi) is 5.02. The van der Waals surface area contributed by atoms with E-state index >= 15 is 0 Å². The van der Waals surface area contributed by atoms with Crippen LogP contribution in [0.15, 0.2) is 12.3 Å². The average Bonchev–Trinajstić information content (AvgIpc) is 2.77. The maximum absolute atomic E-state index is 11.1. The van der Waals surface area contributed by atoms with Crippen LogP contribution in [0, 0.1) is 12.8 Å². The van der Waals surface area contributed by atoms with Crippen molar-refractivity contribution < 1.29 is 14.6 Å². The number of carbonyl (C=O) groups is 1. The molecule has 1 aliphatic rings. The molecular formula is C15H23NO3. The van der Waals surface area contributed by atoms with Gasteiger partial charge in [-0.25, -0.2) is 4.79 Å². The summed E-state index contributed by atoms with van der Waals surface area (Å²) in [4.78, 5) is 11.1. The number of carboxylic acids is 1. The van der Waals surface area contributed by atoms with Gasteiger partial charge in [0.05, 0.1) is 0 Å². The van der Waals surface area contributed by atoms with Gasteiger partial charge in [0, 0.05) is 26.0 Å². The zero-order valence-corrected chi connectivity index (χ0v) is 11.6. The van der Waals surface area contributed by atoms with Gasteiger partial charge < -0.3 is 14.4 Å². The van der Waals surface area contributed by atoms with E-state index in [1.807, 2.05) is 23.8 Å². The largest absolute Gasteiger partial charge is 0.477 e. The molecule has 4 nitrogen and oxygen atoms in total. The highest BCUT2D eigenvalue weighted by molar-refractivity contribution is 5.87. The maximum Gasteiger partial charge on any atom is 0.352 e. The van der Waals surface area contributed by atoms with Crippen LogP contribution in [0.5, 0.6) is 0 Å². The molecule has 1 saturated heterocycles. The number of aromatic nitrogens is 1. The lowest BCUT2D eigenvalue weighted by molar-refractivity contribution is 0.0629.